The molecule has 3 N–H and O–H groups in total. The molecule has 0 aromatic heterocycles. The number of hydrogen-bond donors (Lipinski definition) is 2. The molecule has 0 saturated heterocycles. The Morgan fingerprint density at radius 2 is 1.84 bits per heavy atom. The number of amides is 1. The molecule has 0 aliphatic rings. The van der Waals surface area contributed by atoms with Crippen molar-refractivity contribution in [2.75, 3.05) is 18.6 Å². The number of nitrogens with two attached hydrogens (primary N) is 1. The van der Waals surface area contributed by atoms with E-state index in [-0.39, 0.29) is 23.5 Å². The van der Waals surface area contributed by atoms with Gasteiger partial charge in [0.15, 0.2) is 0 Å². The van der Waals surface area contributed by atoms with Crippen LogP contribution in [-0.4, -0.2) is 38.9 Å². The molecule has 0 aromatic rings. The van der Waals surface area contributed by atoms with E-state index in [1.165, 1.54) is 0 Å². The Bertz CT molecular complexity index is 389. The summed E-state index contributed by atoms with van der Waals surface area (Å²) < 4.78 is 22.0. The van der Waals surface area contributed by atoms with Gasteiger partial charge in [0.1, 0.15) is 9.84 Å². The zero-order valence-corrected chi connectivity index (χ0v) is 13.5. The van der Waals surface area contributed by atoms with E-state index in [4.69, 9.17) is 5.73 Å². The minimum atomic E-state index is -3.07. The molecule has 114 valence electrons. The van der Waals surface area contributed by atoms with Crippen LogP contribution in [0.5, 0.6) is 0 Å². The third-order valence-electron chi connectivity index (χ3n) is 2.84. The van der Waals surface area contributed by atoms with E-state index in [9.17, 15) is 13.2 Å². The van der Waals surface area contributed by atoms with Gasteiger partial charge in [-0.25, -0.2) is 8.42 Å². The summed E-state index contributed by atoms with van der Waals surface area (Å²) in [6, 6.07) is -0.760. The van der Waals surface area contributed by atoms with Crippen LogP contribution in [0, 0.1) is 11.3 Å². The van der Waals surface area contributed by atoms with Gasteiger partial charge in [0.05, 0.1) is 11.8 Å². The first-order valence-electron chi connectivity index (χ1n) is 6.64. The highest BCUT2D eigenvalue weighted by atomic mass is 32.2. The Morgan fingerprint density at radius 1 is 1.32 bits per heavy atom. The van der Waals surface area contributed by atoms with E-state index in [0.717, 1.165) is 12.7 Å². The van der Waals surface area contributed by atoms with Crippen LogP contribution in [0.2, 0.25) is 0 Å². The highest BCUT2D eigenvalue weighted by Crippen LogP contribution is 2.24. The Morgan fingerprint density at radius 3 is 2.26 bits per heavy atom. The van der Waals surface area contributed by atoms with Crippen molar-refractivity contribution in [3.05, 3.63) is 0 Å². The monoisotopic (exact) mass is 292 g/mol. The molecule has 0 spiro atoms. The third kappa shape index (κ3) is 9.90. The Kier molecular flexibility index (Phi) is 7.00. The third-order valence-corrected chi connectivity index (χ3v) is 3.82. The van der Waals surface area contributed by atoms with Gasteiger partial charge in [0, 0.05) is 12.8 Å². The minimum absolute atomic E-state index is 0.0143. The lowest BCUT2D eigenvalue weighted by Gasteiger charge is -2.27. The van der Waals surface area contributed by atoms with Gasteiger partial charge in [-0.1, -0.05) is 27.7 Å². The average molecular weight is 292 g/mol. The van der Waals surface area contributed by atoms with E-state index >= 15 is 0 Å². The molecule has 1 atom stereocenters. The standard InChI is InChI=1S/C13H28N2O3S/c1-10(2)8-13(3,4)9-15-12(16)11(14)6-7-19(5,17)18/h10-11H,6-9,14H2,1-5H3,(H,15,16). The van der Waals surface area contributed by atoms with Gasteiger partial charge in [-0.15, -0.1) is 0 Å². The van der Waals surface area contributed by atoms with Crippen molar-refractivity contribution in [2.45, 2.75) is 46.6 Å². The zero-order valence-electron chi connectivity index (χ0n) is 12.7. The lowest BCUT2D eigenvalue weighted by atomic mass is 9.84. The normalized spacial score (nSPS) is 14.5. The van der Waals surface area contributed by atoms with E-state index < -0.39 is 15.9 Å². The van der Waals surface area contributed by atoms with Gasteiger partial charge < -0.3 is 11.1 Å². The van der Waals surface area contributed by atoms with Crippen LogP contribution in [0.25, 0.3) is 0 Å². The van der Waals surface area contributed by atoms with Crippen molar-refractivity contribution in [3.8, 4) is 0 Å². The molecular formula is C13H28N2O3S. The molecular weight excluding hydrogens is 264 g/mol. The van der Waals surface area contributed by atoms with Crippen molar-refractivity contribution in [1.29, 1.82) is 0 Å². The summed E-state index contributed by atoms with van der Waals surface area (Å²) in [7, 11) is -3.07. The lowest BCUT2D eigenvalue weighted by Crippen LogP contribution is -2.45. The fraction of sp³-hybridized carbons (Fsp3) is 0.923. The van der Waals surface area contributed by atoms with Crippen molar-refractivity contribution in [3.63, 3.8) is 0 Å². The molecule has 0 fully saturated rings. The highest BCUT2D eigenvalue weighted by molar-refractivity contribution is 7.90. The highest BCUT2D eigenvalue weighted by Gasteiger charge is 2.22. The SMILES string of the molecule is CC(C)CC(C)(C)CNC(=O)C(N)CCS(C)(=O)=O. The maximum absolute atomic E-state index is 11.8. The maximum atomic E-state index is 11.8. The Balaban J connectivity index is 4.17. The van der Waals surface area contributed by atoms with Crippen LogP contribution in [0.15, 0.2) is 0 Å². The molecule has 1 unspecified atom stereocenters. The summed E-state index contributed by atoms with van der Waals surface area (Å²) in [6.45, 7) is 9.02. The van der Waals surface area contributed by atoms with Crippen molar-refractivity contribution in [2.24, 2.45) is 17.1 Å². The van der Waals surface area contributed by atoms with Gasteiger partial charge in [-0.3, -0.25) is 4.79 Å². The lowest BCUT2D eigenvalue weighted by molar-refractivity contribution is -0.122. The van der Waals surface area contributed by atoms with Gasteiger partial charge in [0.25, 0.3) is 0 Å². The number of carbonyl (C=O) groups excluding carboxylic acids is 1. The smallest absolute Gasteiger partial charge is 0.236 e. The number of sulfone groups is 1. The fourth-order valence-electron chi connectivity index (χ4n) is 2.11. The summed E-state index contributed by atoms with van der Waals surface area (Å²) in [4.78, 5) is 11.8. The van der Waals surface area contributed by atoms with E-state index in [2.05, 4.69) is 33.0 Å². The predicted molar refractivity (Wildman–Crippen MR) is 78.5 cm³/mol. The van der Waals surface area contributed by atoms with Gasteiger partial charge >= 0.3 is 0 Å². The van der Waals surface area contributed by atoms with E-state index in [0.29, 0.717) is 12.5 Å². The van der Waals surface area contributed by atoms with Crippen LogP contribution in [0.4, 0.5) is 0 Å². The average Bonchev–Trinajstić information content (AvgIpc) is 2.19. The van der Waals surface area contributed by atoms with Crippen molar-refractivity contribution < 1.29 is 13.2 Å². The molecule has 6 heteroatoms. The predicted octanol–water partition coefficient (Wildman–Crippen LogP) is 0.937. The second-order valence-electron chi connectivity index (χ2n) is 6.51. The van der Waals surface area contributed by atoms with Crippen molar-refractivity contribution in [1.82, 2.24) is 5.32 Å². The summed E-state index contributed by atoms with van der Waals surface area (Å²) in [5.74, 6) is 0.225. The molecule has 19 heavy (non-hydrogen) atoms. The summed E-state index contributed by atoms with van der Waals surface area (Å²) in [5, 5.41) is 2.81. The van der Waals surface area contributed by atoms with Crippen LogP contribution >= 0.6 is 0 Å². The van der Waals surface area contributed by atoms with Crippen LogP contribution in [0.1, 0.15) is 40.5 Å². The number of hydrogen-bond acceptors (Lipinski definition) is 4. The van der Waals surface area contributed by atoms with Gasteiger partial charge in [-0.05, 0) is 24.2 Å². The van der Waals surface area contributed by atoms with Crippen LogP contribution < -0.4 is 11.1 Å². The summed E-state index contributed by atoms with van der Waals surface area (Å²) >= 11 is 0. The van der Waals surface area contributed by atoms with Crippen molar-refractivity contribution >= 4 is 15.7 Å². The van der Waals surface area contributed by atoms with Gasteiger partial charge in [-0.2, -0.15) is 0 Å². The Hall–Kier alpha value is -0.620. The molecule has 1 amide bonds. The summed E-state index contributed by atoms with van der Waals surface area (Å²) in [5.41, 5.74) is 5.69. The molecule has 0 aliphatic carbocycles. The van der Waals surface area contributed by atoms with E-state index in [1.807, 2.05) is 0 Å². The van der Waals surface area contributed by atoms with Gasteiger partial charge in [0.2, 0.25) is 5.91 Å². The summed E-state index contributed by atoms with van der Waals surface area (Å²) in [6.07, 6.45) is 2.31. The van der Waals surface area contributed by atoms with E-state index in [1.54, 1.807) is 0 Å². The first-order chi connectivity index (χ1) is 8.43. The molecule has 0 rings (SSSR count). The second-order valence-corrected chi connectivity index (χ2v) is 8.76. The molecule has 0 heterocycles. The maximum Gasteiger partial charge on any atom is 0.236 e. The molecule has 5 nitrogen and oxygen atoms in total. The zero-order chi connectivity index (χ0) is 15.3. The molecule has 0 aliphatic heterocycles. The minimum Gasteiger partial charge on any atom is -0.354 e. The quantitative estimate of drug-likeness (QED) is 0.696. The molecule has 0 bridgehead atoms. The first kappa shape index (κ1) is 18.4. The molecule has 0 saturated carbocycles. The number of rotatable bonds is 8. The largest absolute Gasteiger partial charge is 0.354 e. The molecule has 0 radical (unpaired) electrons. The van der Waals surface area contributed by atoms with Crippen LogP contribution in [0.3, 0.4) is 0 Å². The first-order valence-corrected chi connectivity index (χ1v) is 8.70. The second kappa shape index (κ2) is 7.24. The topological polar surface area (TPSA) is 89.3 Å². The Labute approximate surface area is 117 Å². The molecule has 0 aromatic carbocycles. The van der Waals surface area contributed by atoms with Crippen LogP contribution in [-0.2, 0) is 14.6 Å². The number of nitrogens with one attached hydrogen (secondary N) is 1. The number of carbonyl (C=O) groups is 1. The fourth-order valence-corrected chi connectivity index (χ4v) is 2.79.